The van der Waals surface area contributed by atoms with E-state index in [-0.39, 0.29) is 11.9 Å². The van der Waals surface area contributed by atoms with E-state index in [1.165, 1.54) is 7.11 Å². The molecule has 4 heteroatoms. The molecule has 1 atom stereocenters. The smallest absolute Gasteiger partial charge is 0.326 e. The van der Waals surface area contributed by atoms with Crippen LogP contribution in [0.5, 0.6) is 0 Å². The fourth-order valence-corrected chi connectivity index (χ4v) is 1.32. The first-order chi connectivity index (χ1) is 5.65. The number of esters is 1. The van der Waals surface area contributed by atoms with Gasteiger partial charge in [-0.2, -0.15) is 0 Å². The van der Waals surface area contributed by atoms with Crippen molar-refractivity contribution in [2.45, 2.75) is 18.9 Å². The highest BCUT2D eigenvalue weighted by molar-refractivity contribution is 5.81. The van der Waals surface area contributed by atoms with E-state index < -0.39 is 5.54 Å². The fraction of sp³-hybridized carbons (Fsp3) is 0.875. The van der Waals surface area contributed by atoms with Crippen LogP contribution < -0.4 is 5.73 Å². The third-order valence-electron chi connectivity index (χ3n) is 2.52. The summed E-state index contributed by atoms with van der Waals surface area (Å²) in [5, 5.41) is 0. The fourth-order valence-electron chi connectivity index (χ4n) is 1.32. The molecule has 2 N–H and O–H groups in total. The number of hydrogen-bond acceptors (Lipinski definition) is 4. The van der Waals surface area contributed by atoms with Crippen molar-refractivity contribution in [3.63, 3.8) is 0 Å². The summed E-state index contributed by atoms with van der Waals surface area (Å²) >= 11 is 0. The molecule has 0 bridgehead atoms. The number of rotatable bonds is 3. The molecule has 1 heterocycles. The molecule has 1 aliphatic rings. The molecule has 0 spiro atoms. The Bertz CT molecular complexity index is 179. The molecule has 1 aliphatic heterocycles. The quantitative estimate of drug-likeness (QED) is 0.606. The van der Waals surface area contributed by atoms with Gasteiger partial charge in [-0.15, -0.1) is 0 Å². The van der Waals surface area contributed by atoms with Crippen LogP contribution in [0.4, 0.5) is 0 Å². The van der Waals surface area contributed by atoms with Gasteiger partial charge in [0.25, 0.3) is 0 Å². The van der Waals surface area contributed by atoms with Gasteiger partial charge in [-0.05, 0) is 6.42 Å². The number of carbonyl (C=O) groups is 1. The molecule has 1 unspecified atom stereocenters. The zero-order valence-electron chi connectivity index (χ0n) is 7.50. The van der Waals surface area contributed by atoms with Gasteiger partial charge >= 0.3 is 5.97 Å². The third kappa shape index (κ3) is 1.32. The maximum Gasteiger partial charge on any atom is 0.326 e. The van der Waals surface area contributed by atoms with Crippen LogP contribution in [0.15, 0.2) is 0 Å². The normalized spacial score (nSPS) is 22.6. The molecule has 0 aromatic heterocycles. The molecule has 0 aromatic rings. The topological polar surface area (TPSA) is 61.6 Å². The highest BCUT2D eigenvalue weighted by Gasteiger charge is 2.45. The molecular weight excluding hydrogens is 158 g/mol. The summed E-state index contributed by atoms with van der Waals surface area (Å²) in [6.45, 7) is 3.02. The van der Waals surface area contributed by atoms with E-state index >= 15 is 0 Å². The highest BCUT2D eigenvalue weighted by atomic mass is 16.5. The van der Waals surface area contributed by atoms with Crippen molar-refractivity contribution in [2.24, 2.45) is 11.7 Å². The highest BCUT2D eigenvalue weighted by Crippen LogP contribution is 2.26. The van der Waals surface area contributed by atoms with E-state index in [0.717, 1.165) is 0 Å². The summed E-state index contributed by atoms with van der Waals surface area (Å²) in [4.78, 5) is 11.3. The lowest BCUT2D eigenvalue weighted by atomic mass is 9.81. The summed E-state index contributed by atoms with van der Waals surface area (Å²) in [5.74, 6) is -0.215. The second kappa shape index (κ2) is 3.41. The second-order valence-corrected chi connectivity index (χ2v) is 3.12. The summed E-state index contributed by atoms with van der Waals surface area (Å²) in [7, 11) is 1.36. The van der Waals surface area contributed by atoms with Gasteiger partial charge < -0.3 is 15.2 Å². The standard InChI is InChI=1S/C8H15NO3/c1-3-8(9,7(10)11-2)6-4-12-5-6/h6H,3-5,9H2,1-2H3. The van der Waals surface area contributed by atoms with Gasteiger partial charge in [-0.25, -0.2) is 0 Å². The number of hydrogen-bond donors (Lipinski definition) is 1. The van der Waals surface area contributed by atoms with Crippen molar-refractivity contribution in [1.82, 2.24) is 0 Å². The lowest BCUT2D eigenvalue weighted by molar-refractivity contribution is -0.159. The first-order valence-corrected chi connectivity index (χ1v) is 4.10. The van der Waals surface area contributed by atoms with Crippen molar-refractivity contribution < 1.29 is 14.3 Å². The minimum absolute atomic E-state index is 0.120. The van der Waals surface area contributed by atoms with E-state index in [4.69, 9.17) is 10.5 Å². The minimum Gasteiger partial charge on any atom is -0.468 e. The van der Waals surface area contributed by atoms with Gasteiger partial charge in [-0.1, -0.05) is 6.92 Å². The Morgan fingerprint density at radius 1 is 1.75 bits per heavy atom. The van der Waals surface area contributed by atoms with E-state index in [1.54, 1.807) is 0 Å². The lowest BCUT2D eigenvalue weighted by Crippen LogP contribution is -2.60. The van der Waals surface area contributed by atoms with E-state index in [1.807, 2.05) is 6.92 Å². The van der Waals surface area contributed by atoms with Gasteiger partial charge in [-0.3, -0.25) is 4.79 Å². The van der Waals surface area contributed by atoms with Crippen LogP contribution in [0.25, 0.3) is 0 Å². The molecule has 0 radical (unpaired) electrons. The number of ether oxygens (including phenoxy) is 2. The number of carbonyl (C=O) groups excluding carboxylic acids is 1. The Hall–Kier alpha value is -0.610. The van der Waals surface area contributed by atoms with Gasteiger partial charge in [0.1, 0.15) is 5.54 Å². The van der Waals surface area contributed by atoms with Crippen LogP contribution >= 0.6 is 0 Å². The molecule has 1 fully saturated rings. The maximum absolute atomic E-state index is 11.3. The van der Waals surface area contributed by atoms with Crippen molar-refractivity contribution >= 4 is 5.97 Å². The maximum atomic E-state index is 11.3. The average Bonchev–Trinajstić information content (AvgIpc) is 1.99. The second-order valence-electron chi connectivity index (χ2n) is 3.12. The molecule has 0 aromatic carbocycles. The Morgan fingerprint density at radius 2 is 2.33 bits per heavy atom. The largest absolute Gasteiger partial charge is 0.468 e. The third-order valence-corrected chi connectivity index (χ3v) is 2.52. The first kappa shape index (κ1) is 9.48. The molecule has 12 heavy (non-hydrogen) atoms. The van der Waals surface area contributed by atoms with Gasteiger partial charge in [0.2, 0.25) is 0 Å². The zero-order valence-corrected chi connectivity index (χ0v) is 7.50. The summed E-state index contributed by atoms with van der Waals surface area (Å²) in [5.41, 5.74) is 5.06. The summed E-state index contributed by atoms with van der Waals surface area (Å²) in [6.07, 6.45) is 0.591. The van der Waals surface area contributed by atoms with Gasteiger partial charge in [0.05, 0.1) is 20.3 Å². The molecule has 0 saturated carbocycles. The van der Waals surface area contributed by atoms with Crippen LogP contribution in [0, 0.1) is 5.92 Å². The van der Waals surface area contributed by atoms with Crippen LogP contribution in [0.3, 0.4) is 0 Å². The van der Waals surface area contributed by atoms with Gasteiger partial charge in [0, 0.05) is 5.92 Å². The Morgan fingerprint density at radius 3 is 2.58 bits per heavy atom. The molecule has 1 rings (SSSR count). The Labute approximate surface area is 72.0 Å². The van der Waals surface area contributed by atoms with Crippen molar-refractivity contribution in [3.8, 4) is 0 Å². The number of nitrogens with two attached hydrogens (primary N) is 1. The molecule has 0 amide bonds. The Kier molecular flexibility index (Phi) is 2.69. The lowest BCUT2D eigenvalue weighted by Gasteiger charge is -2.39. The molecule has 0 aliphatic carbocycles. The van der Waals surface area contributed by atoms with E-state index in [9.17, 15) is 4.79 Å². The monoisotopic (exact) mass is 173 g/mol. The molecule has 4 nitrogen and oxygen atoms in total. The zero-order chi connectivity index (χ0) is 9.19. The van der Waals surface area contributed by atoms with E-state index in [0.29, 0.717) is 19.6 Å². The number of methoxy groups -OCH3 is 1. The first-order valence-electron chi connectivity index (χ1n) is 4.10. The predicted molar refractivity (Wildman–Crippen MR) is 43.5 cm³/mol. The van der Waals surface area contributed by atoms with Crippen LogP contribution in [-0.4, -0.2) is 31.8 Å². The van der Waals surface area contributed by atoms with Crippen LogP contribution in [-0.2, 0) is 14.3 Å². The van der Waals surface area contributed by atoms with Crippen molar-refractivity contribution in [2.75, 3.05) is 20.3 Å². The van der Waals surface area contributed by atoms with Crippen LogP contribution in [0.1, 0.15) is 13.3 Å². The van der Waals surface area contributed by atoms with Crippen LogP contribution in [0.2, 0.25) is 0 Å². The summed E-state index contributed by atoms with van der Waals surface area (Å²) < 4.78 is 9.63. The van der Waals surface area contributed by atoms with Crippen molar-refractivity contribution in [3.05, 3.63) is 0 Å². The van der Waals surface area contributed by atoms with E-state index in [2.05, 4.69) is 4.74 Å². The molecule has 1 saturated heterocycles. The minimum atomic E-state index is -0.840. The molecule has 70 valence electrons. The summed E-state index contributed by atoms with van der Waals surface area (Å²) in [6, 6.07) is 0. The van der Waals surface area contributed by atoms with Crippen molar-refractivity contribution in [1.29, 1.82) is 0 Å². The predicted octanol–water partition coefficient (Wildman–Crippen LogP) is -0.0867. The van der Waals surface area contributed by atoms with Gasteiger partial charge in [0.15, 0.2) is 0 Å². The molecular formula is C8H15NO3. The SMILES string of the molecule is CCC(N)(C(=O)OC)C1COC1. The Balaban J connectivity index is 2.66. The average molecular weight is 173 g/mol.